The Bertz CT molecular complexity index is 664. The van der Waals surface area contributed by atoms with Gasteiger partial charge in [-0.3, -0.25) is 4.79 Å². The van der Waals surface area contributed by atoms with Crippen LogP contribution in [0.2, 0.25) is 0 Å². The SMILES string of the molecule is CCCCNc1nc(C)ncc1Cn1cc(C)ccc1=O. The Labute approximate surface area is 125 Å². The number of aryl methyl sites for hydroxylation is 2. The number of hydrogen-bond donors (Lipinski definition) is 1. The lowest BCUT2D eigenvalue weighted by Crippen LogP contribution is -2.20. The second-order valence-corrected chi connectivity index (χ2v) is 5.24. The summed E-state index contributed by atoms with van der Waals surface area (Å²) in [5.74, 6) is 1.55. The summed E-state index contributed by atoms with van der Waals surface area (Å²) >= 11 is 0. The van der Waals surface area contributed by atoms with Crippen LogP contribution in [0.4, 0.5) is 5.82 Å². The Balaban J connectivity index is 2.26. The van der Waals surface area contributed by atoms with E-state index in [0.717, 1.165) is 42.2 Å². The van der Waals surface area contributed by atoms with Gasteiger partial charge in [0.05, 0.1) is 6.54 Å². The maximum atomic E-state index is 11.9. The van der Waals surface area contributed by atoms with Crippen LogP contribution >= 0.6 is 0 Å². The monoisotopic (exact) mass is 286 g/mol. The van der Waals surface area contributed by atoms with Crippen molar-refractivity contribution in [3.8, 4) is 0 Å². The molecule has 21 heavy (non-hydrogen) atoms. The molecule has 0 atom stereocenters. The lowest BCUT2D eigenvalue weighted by molar-refractivity contribution is 0.743. The van der Waals surface area contributed by atoms with E-state index in [0.29, 0.717) is 6.54 Å². The van der Waals surface area contributed by atoms with Crippen molar-refractivity contribution in [3.05, 3.63) is 51.8 Å². The van der Waals surface area contributed by atoms with Gasteiger partial charge in [-0.15, -0.1) is 0 Å². The molecular weight excluding hydrogens is 264 g/mol. The lowest BCUT2D eigenvalue weighted by Gasteiger charge is -2.12. The number of nitrogens with zero attached hydrogens (tertiary/aromatic N) is 3. The predicted octanol–water partition coefficient (Wildman–Crippen LogP) is 2.52. The summed E-state index contributed by atoms with van der Waals surface area (Å²) in [6, 6.07) is 3.42. The first-order chi connectivity index (χ1) is 10.1. The third-order valence-corrected chi connectivity index (χ3v) is 3.28. The minimum atomic E-state index is -0.0133. The maximum Gasteiger partial charge on any atom is 0.250 e. The van der Waals surface area contributed by atoms with Crippen molar-refractivity contribution in [2.45, 2.75) is 40.2 Å². The van der Waals surface area contributed by atoms with E-state index in [2.05, 4.69) is 22.2 Å². The zero-order valence-electron chi connectivity index (χ0n) is 12.9. The van der Waals surface area contributed by atoms with Crippen molar-refractivity contribution in [2.24, 2.45) is 0 Å². The molecule has 5 nitrogen and oxygen atoms in total. The van der Waals surface area contributed by atoms with Crippen LogP contribution in [-0.2, 0) is 6.54 Å². The normalized spacial score (nSPS) is 10.6. The Morgan fingerprint density at radius 2 is 2.10 bits per heavy atom. The third kappa shape index (κ3) is 4.15. The van der Waals surface area contributed by atoms with E-state index in [9.17, 15) is 4.79 Å². The van der Waals surface area contributed by atoms with Crippen LogP contribution in [-0.4, -0.2) is 21.1 Å². The van der Waals surface area contributed by atoms with Gasteiger partial charge in [-0.2, -0.15) is 0 Å². The average Bonchev–Trinajstić information content (AvgIpc) is 2.46. The van der Waals surface area contributed by atoms with E-state index in [4.69, 9.17) is 0 Å². The first-order valence-corrected chi connectivity index (χ1v) is 7.33. The number of rotatable bonds is 6. The Morgan fingerprint density at radius 3 is 2.86 bits per heavy atom. The fraction of sp³-hybridized carbons (Fsp3) is 0.438. The van der Waals surface area contributed by atoms with E-state index in [1.54, 1.807) is 16.8 Å². The van der Waals surface area contributed by atoms with Crippen LogP contribution in [0.1, 0.15) is 36.7 Å². The van der Waals surface area contributed by atoms with Gasteiger partial charge < -0.3 is 9.88 Å². The molecule has 2 heterocycles. The highest BCUT2D eigenvalue weighted by atomic mass is 16.1. The summed E-state index contributed by atoms with van der Waals surface area (Å²) in [7, 11) is 0. The Morgan fingerprint density at radius 1 is 1.29 bits per heavy atom. The van der Waals surface area contributed by atoms with Gasteiger partial charge in [0.1, 0.15) is 11.6 Å². The highest BCUT2D eigenvalue weighted by Gasteiger charge is 2.07. The minimum Gasteiger partial charge on any atom is -0.370 e. The molecule has 112 valence electrons. The first kappa shape index (κ1) is 15.2. The van der Waals surface area contributed by atoms with Gasteiger partial charge in [-0.25, -0.2) is 9.97 Å². The van der Waals surface area contributed by atoms with Crippen LogP contribution in [0.25, 0.3) is 0 Å². The number of unbranched alkanes of at least 4 members (excludes halogenated alkanes) is 1. The van der Waals surface area contributed by atoms with Gasteiger partial charge >= 0.3 is 0 Å². The molecule has 0 aromatic carbocycles. The van der Waals surface area contributed by atoms with Gasteiger partial charge in [0.15, 0.2) is 0 Å². The fourth-order valence-electron chi connectivity index (χ4n) is 2.11. The molecule has 0 bridgehead atoms. The second-order valence-electron chi connectivity index (χ2n) is 5.24. The van der Waals surface area contributed by atoms with Gasteiger partial charge in [-0.1, -0.05) is 19.4 Å². The van der Waals surface area contributed by atoms with Crippen LogP contribution in [0.15, 0.2) is 29.3 Å². The lowest BCUT2D eigenvalue weighted by atomic mass is 10.2. The maximum absolute atomic E-state index is 11.9. The summed E-state index contributed by atoms with van der Waals surface area (Å²) in [6.07, 6.45) is 5.88. The molecule has 0 aliphatic carbocycles. The molecule has 1 N–H and O–H groups in total. The third-order valence-electron chi connectivity index (χ3n) is 3.28. The number of nitrogens with one attached hydrogen (secondary N) is 1. The topological polar surface area (TPSA) is 59.8 Å². The molecule has 0 radical (unpaired) electrons. The van der Waals surface area contributed by atoms with Crippen molar-refractivity contribution in [1.29, 1.82) is 0 Å². The molecule has 0 saturated heterocycles. The Kier molecular flexibility index (Phi) is 5.09. The summed E-state index contributed by atoms with van der Waals surface area (Å²) < 4.78 is 1.69. The predicted molar refractivity (Wildman–Crippen MR) is 84.7 cm³/mol. The van der Waals surface area contributed by atoms with Crippen molar-refractivity contribution in [3.63, 3.8) is 0 Å². The van der Waals surface area contributed by atoms with Crippen molar-refractivity contribution >= 4 is 5.82 Å². The molecule has 0 amide bonds. The fourth-order valence-corrected chi connectivity index (χ4v) is 2.11. The number of pyridine rings is 1. The standard InChI is InChI=1S/C16H22N4O/c1-4-5-8-17-16-14(9-18-13(3)19-16)11-20-10-12(2)6-7-15(20)21/h6-7,9-10H,4-5,8,11H2,1-3H3,(H,17,18,19). The quantitative estimate of drug-likeness (QED) is 0.829. The largest absolute Gasteiger partial charge is 0.370 e. The zero-order valence-corrected chi connectivity index (χ0v) is 12.9. The smallest absolute Gasteiger partial charge is 0.250 e. The number of aromatic nitrogens is 3. The van der Waals surface area contributed by atoms with Gasteiger partial charge in [0.25, 0.3) is 5.56 Å². The highest BCUT2D eigenvalue weighted by Crippen LogP contribution is 2.13. The number of anilines is 1. The van der Waals surface area contributed by atoms with Crippen LogP contribution in [0.5, 0.6) is 0 Å². The summed E-state index contributed by atoms with van der Waals surface area (Å²) in [6.45, 7) is 7.35. The minimum absolute atomic E-state index is 0.0133. The average molecular weight is 286 g/mol. The van der Waals surface area contributed by atoms with E-state index >= 15 is 0 Å². The molecular formula is C16H22N4O. The van der Waals surface area contributed by atoms with Gasteiger partial charge in [0.2, 0.25) is 0 Å². The molecule has 0 aliphatic rings. The molecule has 5 heteroatoms. The molecule has 0 aliphatic heterocycles. The van der Waals surface area contributed by atoms with Crippen LogP contribution in [0, 0.1) is 13.8 Å². The molecule has 0 fully saturated rings. The molecule has 2 aromatic rings. The number of hydrogen-bond acceptors (Lipinski definition) is 4. The second kappa shape index (κ2) is 7.02. The van der Waals surface area contributed by atoms with Crippen LogP contribution < -0.4 is 10.9 Å². The summed E-state index contributed by atoms with van der Waals surface area (Å²) in [5.41, 5.74) is 1.98. The van der Waals surface area contributed by atoms with E-state index in [-0.39, 0.29) is 5.56 Å². The highest BCUT2D eigenvalue weighted by molar-refractivity contribution is 5.43. The van der Waals surface area contributed by atoms with Crippen molar-refractivity contribution in [1.82, 2.24) is 14.5 Å². The van der Waals surface area contributed by atoms with Gasteiger partial charge in [-0.05, 0) is 25.8 Å². The van der Waals surface area contributed by atoms with E-state index in [1.165, 1.54) is 0 Å². The summed E-state index contributed by atoms with van der Waals surface area (Å²) in [4.78, 5) is 20.6. The molecule has 0 unspecified atom stereocenters. The van der Waals surface area contributed by atoms with Crippen molar-refractivity contribution < 1.29 is 0 Å². The molecule has 2 aromatic heterocycles. The van der Waals surface area contributed by atoms with Crippen molar-refractivity contribution in [2.75, 3.05) is 11.9 Å². The molecule has 0 saturated carbocycles. The molecule has 2 rings (SSSR count). The molecule has 0 spiro atoms. The zero-order chi connectivity index (χ0) is 15.2. The van der Waals surface area contributed by atoms with Crippen LogP contribution in [0.3, 0.4) is 0 Å². The van der Waals surface area contributed by atoms with E-state index in [1.807, 2.05) is 26.1 Å². The summed E-state index contributed by atoms with van der Waals surface area (Å²) in [5, 5.41) is 3.34. The first-order valence-electron chi connectivity index (χ1n) is 7.33. The van der Waals surface area contributed by atoms with E-state index < -0.39 is 0 Å². The van der Waals surface area contributed by atoms with Gasteiger partial charge in [0, 0.05) is 30.6 Å². The Hall–Kier alpha value is -2.17.